The molecule has 0 unspecified atom stereocenters. The second-order valence-electron chi connectivity index (χ2n) is 5.98. The van der Waals surface area contributed by atoms with Crippen molar-refractivity contribution in [2.45, 2.75) is 18.6 Å². The minimum absolute atomic E-state index is 0.529. The van der Waals surface area contributed by atoms with Crippen molar-refractivity contribution < 1.29 is 9.52 Å². The van der Waals surface area contributed by atoms with Crippen molar-refractivity contribution in [1.82, 2.24) is 20.3 Å². The number of aliphatic hydroxyl groups is 1. The first kappa shape index (κ1) is 14.2. The van der Waals surface area contributed by atoms with Crippen molar-refractivity contribution in [3.05, 3.63) is 60.1 Å². The molecule has 0 spiro atoms. The summed E-state index contributed by atoms with van der Waals surface area (Å²) in [5.74, 6) is 1.76. The van der Waals surface area contributed by atoms with Gasteiger partial charge in [0.15, 0.2) is 0 Å². The molecule has 1 atom stereocenters. The van der Waals surface area contributed by atoms with Crippen molar-refractivity contribution in [1.29, 1.82) is 0 Å². The summed E-state index contributed by atoms with van der Waals surface area (Å²) in [5, 5.41) is 21.1. The van der Waals surface area contributed by atoms with Crippen LogP contribution in [0.2, 0.25) is 0 Å². The van der Waals surface area contributed by atoms with Gasteiger partial charge in [-0.1, -0.05) is 30.3 Å². The lowest BCUT2D eigenvalue weighted by molar-refractivity contribution is 0.0402. The van der Waals surface area contributed by atoms with Crippen molar-refractivity contribution in [2.75, 3.05) is 13.1 Å². The van der Waals surface area contributed by atoms with Crippen LogP contribution in [0.15, 0.2) is 53.1 Å². The Bertz CT molecular complexity index is 769. The van der Waals surface area contributed by atoms with Crippen LogP contribution in [0.1, 0.15) is 17.9 Å². The third kappa shape index (κ3) is 2.78. The average molecular weight is 310 g/mol. The van der Waals surface area contributed by atoms with Gasteiger partial charge < -0.3 is 9.52 Å². The largest absolute Gasteiger partial charge is 0.460 e. The Labute approximate surface area is 133 Å². The van der Waals surface area contributed by atoms with Crippen LogP contribution >= 0.6 is 0 Å². The minimum atomic E-state index is -0.929. The predicted octanol–water partition coefficient (Wildman–Crippen LogP) is 2.16. The van der Waals surface area contributed by atoms with E-state index in [1.54, 1.807) is 6.20 Å². The van der Waals surface area contributed by atoms with Crippen molar-refractivity contribution in [2.24, 2.45) is 0 Å². The van der Waals surface area contributed by atoms with E-state index >= 15 is 0 Å². The molecule has 0 saturated carbocycles. The molecule has 6 nitrogen and oxygen atoms in total. The fourth-order valence-corrected chi connectivity index (χ4v) is 3.08. The number of β-amino-alcohol motifs (C(OH)–C–C–N with tert-alkyl or cyclic N) is 1. The van der Waals surface area contributed by atoms with E-state index in [4.69, 9.17) is 4.42 Å². The first-order chi connectivity index (χ1) is 11.2. The van der Waals surface area contributed by atoms with Gasteiger partial charge in [0.05, 0.1) is 12.7 Å². The van der Waals surface area contributed by atoms with E-state index in [9.17, 15) is 5.11 Å². The molecule has 23 heavy (non-hydrogen) atoms. The molecule has 2 aromatic heterocycles. The molecule has 2 N–H and O–H groups in total. The summed E-state index contributed by atoms with van der Waals surface area (Å²) in [6.45, 7) is 2.00. The molecule has 1 saturated heterocycles. The summed E-state index contributed by atoms with van der Waals surface area (Å²) in [4.78, 5) is 2.17. The second-order valence-corrected chi connectivity index (χ2v) is 5.98. The number of aromatic amines is 1. The molecule has 3 heterocycles. The molecular formula is C17H18N4O2. The third-order valence-corrected chi connectivity index (χ3v) is 4.32. The van der Waals surface area contributed by atoms with Gasteiger partial charge in [-0.3, -0.25) is 4.90 Å². The zero-order chi connectivity index (χ0) is 15.7. The van der Waals surface area contributed by atoms with E-state index in [1.807, 2.05) is 42.5 Å². The predicted molar refractivity (Wildman–Crippen MR) is 84.3 cm³/mol. The SMILES string of the molecule is O[C@@]1(c2cn[nH]n2)CCN(Cc2ccc(-c3ccccc3)o2)C1. The monoisotopic (exact) mass is 310 g/mol. The topological polar surface area (TPSA) is 78.2 Å². The fourth-order valence-electron chi connectivity index (χ4n) is 3.08. The lowest BCUT2D eigenvalue weighted by atomic mass is 10.0. The van der Waals surface area contributed by atoms with Crippen LogP contribution in [0.3, 0.4) is 0 Å². The molecule has 1 aliphatic rings. The Balaban J connectivity index is 1.45. The smallest absolute Gasteiger partial charge is 0.134 e. The molecule has 4 rings (SSSR count). The summed E-state index contributed by atoms with van der Waals surface area (Å²) >= 11 is 0. The Morgan fingerprint density at radius 3 is 2.87 bits per heavy atom. The van der Waals surface area contributed by atoms with Crippen LogP contribution in [0.4, 0.5) is 0 Å². The van der Waals surface area contributed by atoms with Crippen LogP contribution in [-0.2, 0) is 12.1 Å². The molecule has 3 aromatic rings. The molecule has 0 aliphatic carbocycles. The normalized spacial score (nSPS) is 21.8. The fraction of sp³-hybridized carbons (Fsp3) is 0.294. The highest BCUT2D eigenvalue weighted by Gasteiger charge is 2.39. The average Bonchev–Trinajstić information content (AvgIpc) is 3.30. The molecular weight excluding hydrogens is 292 g/mol. The van der Waals surface area contributed by atoms with Gasteiger partial charge in [-0.25, -0.2) is 0 Å². The summed E-state index contributed by atoms with van der Waals surface area (Å²) in [5.41, 5.74) is 0.741. The number of furan rings is 1. The second kappa shape index (κ2) is 5.64. The highest BCUT2D eigenvalue weighted by molar-refractivity contribution is 5.57. The number of hydrogen-bond acceptors (Lipinski definition) is 5. The maximum absolute atomic E-state index is 10.7. The minimum Gasteiger partial charge on any atom is -0.460 e. The highest BCUT2D eigenvalue weighted by Crippen LogP contribution is 2.31. The standard InChI is InChI=1S/C17H18N4O2/c22-17(16-10-18-20-19-16)8-9-21(12-17)11-14-6-7-15(23-14)13-4-2-1-3-5-13/h1-7,10,22H,8-9,11-12H2,(H,18,19,20)/t17-/m0/s1. The molecule has 0 bridgehead atoms. The van der Waals surface area contributed by atoms with Gasteiger partial charge in [0.25, 0.3) is 0 Å². The Kier molecular flexibility index (Phi) is 3.48. The molecule has 1 aromatic carbocycles. The summed E-state index contributed by atoms with van der Waals surface area (Å²) in [6.07, 6.45) is 2.23. The molecule has 6 heteroatoms. The van der Waals surface area contributed by atoms with Crippen molar-refractivity contribution >= 4 is 0 Å². The molecule has 0 radical (unpaired) electrons. The Hall–Kier alpha value is -2.44. The summed E-state index contributed by atoms with van der Waals surface area (Å²) in [6, 6.07) is 14.0. The molecule has 118 valence electrons. The van der Waals surface area contributed by atoms with E-state index in [2.05, 4.69) is 20.3 Å². The van der Waals surface area contributed by atoms with Crippen LogP contribution in [0.5, 0.6) is 0 Å². The Morgan fingerprint density at radius 1 is 1.22 bits per heavy atom. The lowest BCUT2D eigenvalue weighted by Crippen LogP contribution is -2.30. The van der Waals surface area contributed by atoms with E-state index in [0.717, 1.165) is 23.6 Å². The quantitative estimate of drug-likeness (QED) is 0.772. The molecule has 1 fully saturated rings. The number of likely N-dealkylation sites (tertiary alicyclic amines) is 1. The van der Waals surface area contributed by atoms with E-state index in [0.29, 0.717) is 25.2 Å². The highest BCUT2D eigenvalue weighted by atomic mass is 16.3. The number of rotatable bonds is 4. The zero-order valence-corrected chi connectivity index (χ0v) is 12.6. The number of nitrogens with one attached hydrogen (secondary N) is 1. The van der Waals surface area contributed by atoms with Gasteiger partial charge in [-0.05, 0) is 18.6 Å². The van der Waals surface area contributed by atoms with Crippen LogP contribution in [0, 0.1) is 0 Å². The van der Waals surface area contributed by atoms with Crippen molar-refractivity contribution in [3.8, 4) is 11.3 Å². The van der Waals surface area contributed by atoms with Gasteiger partial charge >= 0.3 is 0 Å². The van der Waals surface area contributed by atoms with Crippen molar-refractivity contribution in [3.63, 3.8) is 0 Å². The number of benzene rings is 1. The van der Waals surface area contributed by atoms with Crippen LogP contribution < -0.4 is 0 Å². The number of hydrogen-bond donors (Lipinski definition) is 2. The van der Waals surface area contributed by atoms with Gasteiger partial charge in [0.1, 0.15) is 22.8 Å². The van der Waals surface area contributed by atoms with Gasteiger partial charge in [-0.15, -0.1) is 0 Å². The van der Waals surface area contributed by atoms with Gasteiger partial charge in [-0.2, -0.15) is 15.4 Å². The van der Waals surface area contributed by atoms with Crippen LogP contribution in [-0.4, -0.2) is 38.5 Å². The zero-order valence-electron chi connectivity index (χ0n) is 12.6. The number of H-pyrrole nitrogens is 1. The van der Waals surface area contributed by atoms with Gasteiger partial charge in [0, 0.05) is 18.7 Å². The van der Waals surface area contributed by atoms with E-state index in [1.165, 1.54) is 0 Å². The third-order valence-electron chi connectivity index (χ3n) is 4.32. The first-order valence-electron chi connectivity index (χ1n) is 7.68. The van der Waals surface area contributed by atoms with Crippen LogP contribution in [0.25, 0.3) is 11.3 Å². The maximum atomic E-state index is 10.7. The number of aromatic nitrogens is 3. The van der Waals surface area contributed by atoms with Gasteiger partial charge in [0.2, 0.25) is 0 Å². The van der Waals surface area contributed by atoms with E-state index in [-0.39, 0.29) is 0 Å². The molecule has 1 aliphatic heterocycles. The lowest BCUT2D eigenvalue weighted by Gasteiger charge is -2.20. The summed E-state index contributed by atoms with van der Waals surface area (Å²) < 4.78 is 5.93. The Morgan fingerprint density at radius 2 is 2.09 bits per heavy atom. The summed E-state index contributed by atoms with van der Waals surface area (Å²) in [7, 11) is 0. The van der Waals surface area contributed by atoms with E-state index < -0.39 is 5.60 Å². The number of nitrogens with zero attached hydrogens (tertiary/aromatic N) is 3. The molecule has 0 amide bonds. The maximum Gasteiger partial charge on any atom is 0.134 e. The first-order valence-corrected chi connectivity index (χ1v) is 7.68.